The number of amides is 2. The molecule has 0 unspecified atom stereocenters. The lowest BCUT2D eigenvalue weighted by molar-refractivity contribution is -0.138. The SMILES string of the molecule is C=CC1=C(C)C(=O)NC1=Cc1[nH]c(Cc2[nH]c(/C=C3/NC(=O)C(C=C)=C3C)c(C)c2CCC(=O)O)c(CCC(=O)O)c1C. The van der Waals surface area contributed by atoms with Gasteiger partial charge in [-0.25, -0.2) is 0 Å². The number of rotatable bonds is 12. The standard InChI is InChI=1S/C33H36N4O6/c1-7-20-19(6)32(42)37-27(20)14-25-18(5)23(10-12-31(40)41)29(35-25)15-28-22(9-11-30(38)39)17(4)24(34-28)13-26-16(3)21(8-2)33(43)36-26/h7-8,13-14,34-35H,1-2,9-12,15H2,3-6H3,(H,36,43)(H,37,42)(H,38,39)(H,40,41)/b26-13+,27-14?. The normalized spacial score (nSPS) is 16.8. The average Bonchev–Trinajstić information content (AvgIpc) is 3.59. The van der Waals surface area contributed by atoms with E-state index in [2.05, 4.69) is 33.8 Å². The van der Waals surface area contributed by atoms with Gasteiger partial charge in [-0.15, -0.1) is 0 Å². The second-order valence-corrected chi connectivity index (χ2v) is 10.7. The van der Waals surface area contributed by atoms with Crippen molar-refractivity contribution in [2.24, 2.45) is 0 Å². The Hall–Kier alpha value is -5.12. The van der Waals surface area contributed by atoms with Gasteiger partial charge >= 0.3 is 11.9 Å². The Labute approximate surface area is 249 Å². The van der Waals surface area contributed by atoms with Crippen LogP contribution >= 0.6 is 0 Å². The van der Waals surface area contributed by atoms with E-state index in [1.807, 2.05) is 32.9 Å². The van der Waals surface area contributed by atoms with Crippen LogP contribution in [0.4, 0.5) is 0 Å². The topological polar surface area (TPSA) is 164 Å². The second kappa shape index (κ2) is 12.4. The van der Waals surface area contributed by atoms with Gasteiger partial charge in [0.1, 0.15) is 0 Å². The van der Waals surface area contributed by atoms with E-state index in [1.165, 1.54) is 6.08 Å². The van der Waals surface area contributed by atoms with Gasteiger partial charge < -0.3 is 30.8 Å². The summed E-state index contributed by atoms with van der Waals surface area (Å²) < 4.78 is 0. The number of H-pyrrole nitrogens is 2. The fraction of sp³-hybridized carbons (Fsp3) is 0.273. The molecule has 6 N–H and O–H groups in total. The van der Waals surface area contributed by atoms with E-state index in [4.69, 9.17) is 0 Å². The van der Waals surface area contributed by atoms with Crippen LogP contribution in [0.5, 0.6) is 0 Å². The third-order valence-corrected chi connectivity index (χ3v) is 8.11. The summed E-state index contributed by atoms with van der Waals surface area (Å²) in [6.07, 6.45) is 7.58. The van der Waals surface area contributed by atoms with Crippen molar-refractivity contribution in [2.75, 3.05) is 0 Å². The van der Waals surface area contributed by atoms with Crippen LogP contribution in [0.2, 0.25) is 0 Å². The van der Waals surface area contributed by atoms with Gasteiger partial charge in [0.25, 0.3) is 11.8 Å². The summed E-state index contributed by atoms with van der Waals surface area (Å²) in [7, 11) is 0. The highest BCUT2D eigenvalue weighted by molar-refractivity contribution is 6.03. The van der Waals surface area contributed by atoms with Crippen molar-refractivity contribution in [3.8, 4) is 0 Å². The van der Waals surface area contributed by atoms with E-state index in [9.17, 15) is 29.4 Å². The number of hydrogen-bond donors (Lipinski definition) is 6. The van der Waals surface area contributed by atoms with Crippen LogP contribution in [-0.4, -0.2) is 43.9 Å². The summed E-state index contributed by atoms with van der Waals surface area (Å²) in [5, 5.41) is 24.6. The molecule has 10 nitrogen and oxygen atoms in total. The molecule has 4 rings (SSSR count). The van der Waals surface area contributed by atoms with Crippen LogP contribution < -0.4 is 10.6 Å². The van der Waals surface area contributed by atoms with Crippen molar-refractivity contribution < 1.29 is 29.4 Å². The van der Waals surface area contributed by atoms with Gasteiger partial charge in [0.2, 0.25) is 0 Å². The van der Waals surface area contributed by atoms with E-state index in [-0.39, 0.29) is 37.5 Å². The first-order valence-corrected chi connectivity index (χ1v) is 13.9. The van der Waals surface area contributed by atoms with Crippen LogP contribution in [0.15, 0.2) is 59.0 Å². The maximum absolute atomic E-state index is 12.3. The average molecular weight is 585 g/mol. The highest BCUT2D eigenvalue weighted by Gasteiger charge is 2.25. The molecular formula is C33H36N4O6. The first kappa shape index (κ1) is 30.8. The number of carbonyl (C=O) groups excluding carboxylic acids is 2. The molecule has 10 heteroatoms. The van der Waals surface area contributed by atoms with Gasteiger partial charge in [0.05, 0.1) is 5.70 Å². The number of carbonyl (C=O) groups is 4. The third-order valence-electron chi connectivity index (χ3n) is 8.11. The Balaban J connectivity index is 1.80. The highest BCUT2D eigenvalue weighted by atomic mass is 16.4. The Morgan fingerprint density at radius 1 is 0.698 bits per heavy atom. The first-order valence-electron chi connectivity index (χ1n) is 13.9. The summed E-state index contributed by atoms with van der Waals surface area (Å²) >= 11 is 0. The van der Waals surface area contributed by atoms with Crippen LogP contribution in [0.3, 0.4) is 0 Å². The molecule has 0 aromatic carbocycles. The molecule has 0 radical (unpaired) electrons. The Bertz CT molecular complexity index is 1710. The van der Waals surface area contributed by atoms with E-state index in [0.29, 0.717) is 34.5 Å². The molecule has 2 aliphatic rings. The molecule has 0 spiro atoms. The fourth-order valence-corrected chi connectivity index (χ4v) is 5.61. The molecule has 4 heterocycles. The lowest BCUT2D eigenvalue weighted by Gasteiger charge is -2.07. The van der Waals surface area contributed by atoms with Crippen molar-refractivity contribution in [1.29, 1.82) is 0 Å². The largest absolute Gasteiger partial charge is 0.481 e. The monoisotopic (exact) mass is 584 g/mol. The molecule has 2 aliphatic heterocycles. The predicted molar refractivity (Wildman–Crippen MR) is 164 cm³/mol. The van der Waals surface area contributed by atoms with Gasteiger partial charge in [0, 0.05) is 64.5 Å². The van der Waals surface area contributed by atoms with Crippen molar-refractivity contribution in [1.82, 2.24) is 20.6 Å². The highest BCUT2D eigenvalue weighted by Crippen LogP contribution is 2.31. The molecular weight excluding hydrogens is 548 g/mol. The number of hydrogen-bond acceptors (Lipinski definition) is 4. The minimum Gasteiger partial charge on any atom is -0.481 e. The summed E-state index contributed by atoms with van der Waals surface area (Å²) in [5.74, 6) is -2.28. The van der Waals surface area contributed by atoms with Gasteiger partial charge in [-0.3, -0.25) is 19.2 Å². The van der Waals surface area contributed by atoms with Crippen molar-refractivity contribution in [2.45, 2.75) is 59.8 Å². The molecule has 0 saturated heterocycles. The number of aliphatic carboxylic acids is 2. The van der Waals surface area contributed by atoms with Crippen LogP contribution in [0.1, 0.15) is 71.7 Å². The predicted octanol–water partition coefficient (Wildman–Crippen LogP) is 4.53. The molecule has 224 valence electrons. The lowest BCUT2D eigenvalue weighted by atomic mass is 9.98. The first-order chi connectivity index (χ1) is 20.4. The zero-order valence-corrected chi connectivity index (χ0v) is 24.8. The number of aromatic amines is 2. The second-order valence-electron chi connectivity index (χ2n) is 10.7. The molecule has 0 aliphatic carbocycles. The van der Waals surface area contributed by atoms with Crippen LogP contribution in [-0.2, 0) is 38.4 Å². The maximum Gasteiger partial charge on any atom is 0.303 e. The van der Waals surface area contributed by atoms with Crippen molar-refractivity contribution in [3.63, 3.8) is 0 Å². The Morgan fingerprint density at radius 3 is 1.60 bits per heavy atom. The van der Waals surface area contributed by atoms with E-state index >= 15 is 0 Å². The van der Waals surface area contributed by atoms with Gasteiger partial charge in [0.15, 0.2) is 0 Å². The minimum absolute atomic E-state index is 0.0688. The number of aromatic nitrogens is 2. The van der Waals surface area contributed by atoms with E-state index in [0.717, 1.165) is 50.6 Å². The fourth-order valence-electron chi connectivity index (χ4n) is 5.61. The summed E-state index contributed by atoms with van der Waals surface area (Å²) in [5.41, 5.74) is 10.2. The van der Waals surface area contributed by atoms with E-state index in [1.54, 1.807) is 13.0 Å². The molecule has 0 atom stereocenters. The van der Waals surface area contributed by atoms with Gasteiger partial charge in [-0.2, -0.15) is 0 Å². The third kappa shape index (κ3) is 6.23. The summed E-state index contributed by atoms with van der Waals surface area (Å²) in [6.45, 7) is 14.9. The zero-order chi connectivity index (χ0) is 31.6. The van der Waals surface area contributed by atoms with E-state index < -0.39 is 11.9 Å². The molecule has 2 aromatic rings. The zero-order valence-electron chi connectivity index (χ0n) is 24.8. The van der Waals surface area contributed by atoms with Gasteiger partial charge in [-0.1, -0.05) is 25.3 Å². The van der Waals surface area contributed by atoms with Gasteiger partial charge in [-0.05, 0) is 80.5 Å². The van der Waals surface area contributed by atoms with Crippen LogP contribution in [0.25, 0.3) is 12.2 Å². The number of nitrogens with one attached hydrogen (secondary N) is 4. The minimum atomic E-state index is -0.922. The number of carboxylic acid groups (broad SMARTS) is 2. The quantitative estimate of drug-likeness (QED) is 0.215. The number of allylic oxidation sites excluding steroid dienone is 2. The van der Waals surface area contributed by atoms with Crippen molar-refractivity contribution in [3.05, 3.63) is 104 Å². The molecule has 43 heavy (non-hydrogen) atoms. The lowest BCUT2D eigenvalue weighted by Crippen LogP contribution is -2.15. The summed E-state index contributed by atoms with van der Waals surface area (Å²) in [4.78, 5) is 54.5. The van der Waals surface area contributed by atoms with Crippen molar-refractivity contribution >= 4 is 35.9 Å². The molecule has 2 aromatic heterocycles. The van der Waals surface area contributed by atoms with Crippen LogP contribution in [0, 0.1) is 13.8 Å². The Kier molecular flexibility index (Phi) is 8.89. The molecule has 0 saturated carbocycles. The molecule has 0 bridgehead atoms. The molecule has 2 amide bonds. The number of carboxylic acids is 2. The smallest absolute Gasteiger partial charge is 0.303 e. The maximum atomic E-state index is 12.3. The summed E-state index contributed by atoms with van der Waals surface area (Å²) in [6, 6.07) is 0. The Morgan fingerprint density at radius 2 is 1.16 bits per heavy atom. The molecule has 0 fully saturated rings.